The van der Waals surface area contributed by atoms with Gasteiger partial charge in [0.1, 0.15) is 0 Å². The number of unbranched alkanes of at least 4 members (excludes halogenated alkanes) is 14. The Kier molecular flexibility index (Phi) is 46.0. The summed E-state index contributed by atoms with van der Waals surface area (Å²) in [5.41, 5.74) is 0. The molecule has 0 bridgehead atoms. The Morgan fingerprint density at radius 2 is 1.07 bits per heavy atom. The maximum atomic E-state index is 10.3. The molecule has 0 aromatic carbocycles. The van der Waals surface area contributed by atoms with Crippen LogP contribution in [0.25, 0.3) is 0 Å². The number of aliphatic hydroxyl groups is 1. The van der Waals surface area contributed by atoms with Crippen LogP contribution < -0.4 is 0 Å². The van der Waals surface area contributed by atoms with Gasteiger partial charge in [0.05, 0.1) is 0 Å². The van der Waals surface area contributed by atoms with Crippen LogP contribution in [0.1, 0.15) is 110 Å². The Hall–Kier alpha value is -0.454. The van der Waals surface area contributed by atoms with Crippen molar-refractivity contribution in [1.82, 2.24) is 0 Å². The van der Waals surface area contributed by atoms with Crippen molar-refractivity contribution in [3.63, 3.8) is 0 Å². The molecule has 0 aliphatic heterocycles. The molecule has 0 unspecified atom stereocenters. The van der Waals surface area contributed by atoms with Gasteiger partial charge in [0.25, 0.3) is 0 Å². The van der Waals surface area contributed by atoms with Gasteiger partial charge in [0.2, 0.25) is 0 Å². The normalized spacial score (nSPS) is 8.96. The molecule has 0 radical (unpaired) electrons. The average Bonchev–Trinajstić information content (AvgIpc) is 2.66. The fourth-order valence-electron chi connectivity index (χ4n) is 2.65. The summed E-state index contributed by atoms with van der Waals surface area (Å²) in [7, 11) is 0. The van der Waals surface area contributed by atoms with E-state index >= 15 is 0 Å². The Morgan fingerprint density at radius 1 is 0.815 bits per heavy atom. The minimum Gasteiger partial charge on any atom is -0.521 e. The van der Waals surface area contributed by atoms with Crippen LogP contribution in [-0.4, -0.2) is 39.2 Å². The number of aliphatic hydroxyl groups excluding tert-OH is 1. The molecule has 0 aromatic heterocycles. The van der Waals surface area contributed by atoms with Crippen LogP contribution in [0.5, 0.6) is 0 Å². The Bertz CT molecular complexity index is 270. The molecule has 156 valence electrons. The van der Waals surface area contributed by atoms with Crippen molar-refractivity contribution in [1.29, 1.82) is 0 Å². The van der Waals surface area contributed by atoms with Gasteiger partial charge in [-0.25, -0.2) is 12.7 Å². The van der Waals surface area contributed by atoms with Crippen LogP contribution in [0, 0.1) is 13.2 Å². The van der Waals surface area contributed by atoms with Gasteiger partial charge < -0.3 is 16.8 Å². The molecule has 0 amide bonds. The molecule has 4 heteroatoms. The quantitative estimate of drug-likeness (QED) is 0.155. The zero-order chi connectivity index (χ0) is 20.3. The molecule has 0 rings (SSSR count). The van der Waals surface area contributed by atoms with E-state index in [-0.39, 0.29) is 23.1 Å². The minimum absolute atomic E-state index is 0. The summed E-state index contributed by atoms with van der Waals surface area (Å²) in [6.07, 6.45) is 21.5. The summed E-state index contributed by atoms with van der Waals surface area (Å²) in [4.78, 5) is 10.3. The van der Waals surface area contributed by atoms with E-state index in [4.69, 9.17) is 10.2 Å². The third-order valence-electron chi connectivity index (χ3n) is 4.10. The first-order chi connectivity index (χ1) is 12.7. The van der Waals surface area contributed by atoms with Gasteiger partial charge in [-0.1, -0.05) is 96.8 Å². The van der Waals surface area contributed by atoms with Gasteiger partial charge in [0, 0.05) is 6.42 Å². The van der Waals surface area contributed by atoms with E-state index in [2.05, 4.69) is 26.7 Å². The Morgan fingerprint density at radius 3 is 1.30 bits per heavy atom. The third kappa shape index (κ3) is 46.0. The van der Waals surface area contributed by atoms with Crippen molar-refractivity contribution in [2.45, 2.75) is 110 Å². The largest absolute Gasteiger partial charge is 2.00 e. The molecule has 0 fully saturated rings. The number of rotatable bonds is 17. The van der Waals surface area contributed by atoms with E-state index in [9.17, 15) is 4.79 Å². The fourth-order valence-corrected chi connectivity index (χ4v) is 2.65. The van der Waals surface area contributed by atoms with E-state index in [0.717, 1.165) is 19.4 Å². The van der Waals surface area contributed by atoms with Crippen LogP contribution in [0.15, 0.2) is 19.2 Å². The zero-order valence-electron chi connectivity index (χ0n) is 18.0. The van der Waals surface area contributed by atoms with Crippen molar-refractivity contribution in [3.05, 3.63) is 32.4 Å². The smallest absolute Gasteiger partial charge is 0.521 e. The van der Waals surface area contributed by atoms with Gasteiger partial charge in [0.15, 0.2) is 0 Å². The van der Waals surface area contributed by atoms with Crippen molar-refractivity contribution in [2.75, 3.05) is 0 Å². The van der Waals surface area contributed by atoms with Crippen LogP contribution in [-0.2, 0) is 4.79 Å². The average molecular weight is 393 g/mol. The van der Waals surface area contributed by atoms with Gasteiger partial charge >= 0.3 is 29.0 Å². The summed E-state index contributed by atoms with van der Waals surface area (Å²) in [6.45, 7) is 13.3. The third-order valence-corrected chi connectivity index (χ3v) is 4.10. The Labute approximate surface area is 185 Å². The van der Waals surface area contributed by atoms with E-state index in [1.807, 2.05) is 0 Å². The molecule has 27 heavy (non-hydrogen) atoms. The molecule has 2 N–H and O–H groups in total. The SMILES string of the molecule is C=C[CH-]O.CCCCCCCCCCCCCCCCCC(=O)O.[CH-]=C.[Mg+2]. The van der Waals surface area contributed by atoms with Crippen molar-refractivity contribution in [3.8, 4) is 0 Å². The summed E-state index contributed by atoms with van der Waals surface area (Å²) in [5.74, 6) is -0.653. The first-order valence-electron chi connectivity index (χ1n) is 10.4. The minimum atomic E-state index is -0.653. The topological polar surface area (TPSA) is 57.5 Å². The van der Waals surface area contributed by atoms with E-state index in [1.54, 1.807) is 0 Å². The number of carbonyl (C=O) groups is 1. The van der Waals surface area contributed by atoms with E-state index < -0.39 is 5.97 Å². The maximum absolute atomic E-state index is 10.3. The molecule has 0 heterocycles. The van der Waals surface area contributed by atoms with E-state index in [1.165, 1.54) is 89.5 Å². The molecule has 0 aromatic rings. The van der Waals surface area contributed by atoms with Crippen LogP contribution in [0.3, 0.4) is 0 Å². The fraction of sp³-hybridized carbons (Fsp3) is 0.739. The summed E-state index contributed by atoms with van der Waals surface area (Å²) in [5, 5.41) is 16.1. The first kappa shape index (κ1) is 34.1. The molecular formula is C23H44MgO3. The number of carboxylic acid groups (broad SMARTS) is 1. The molecule has 0 saturated heterocycles. The van der Waals surface area contributed by atoms with Crippen molar-refractivity contribution in [2.24, 2.45) is 0 Å². The second kappa shape index (κ2) is 36.5. The van der Waals surface area contributed by atoms with Crippen molar-refractivity contribution < 1.29 is 15.0 Å². The molecular weight excluding hydrogens is 349 g/mol. The second-order valence-corrected chi connectivity index (χ2v) is 6.48. The van der Waals surface area contributed by atoms with Crippen LogP contribution in [0.2, 0.25) is 0 Å². The summed E-state index contributed by atoms with van der Waals surface area (Å²) in [6, 6.07) is 0. The Balaban J connectivity index is -0.000000332. The van der Waals surface area contributed by atoms with Gasteiger partial charge in [-0.2, -0.15) is 0 Å². The molecule has 0 atom stereocenters. The molecule has 0 aliphatic carbocycles. The number of hydrogen-bond acceptors (Lipinski definition) is 2. The molecule has 0 aliphatic rings. The predicted octanol–water partition coefficient (Wildman–Crippen LogP) is 7.26. The second-order valence-electron chi connectivity index (χ2n) is 6.48. The monoisotopic (exact) mass is 392 g/mol. The van der Waals surface area contributed by atoms with Gasteiger partial charge in [-0.3, -0.25) is 11.4 Å². The predicted molar refractivity (Wildman–Crippen MR) is 119 cm³/mol. The standard InChI is InChI=1S/C18H36O2.C3H5O.C2H3.Mg/c1-2-3-4-5-6-7-8-9-10-11-12-13-14-15-16-17-18(19)20;1-2-3-4;1-2;/h2-17H2,1H3,(H,19,20);2-4H,1H2;1H,2H2;/q;2*-1;+2. The van der Waals surface area contributed by atoms with Crippen LogP contribution in [0.4, 0.5) is 0 Å². The van der Waals surface area contributed by atoms with Gasteiger partial charge in [-0.05, 0) is 6.42 Å². The summed E-state index contributed by atoms with van der Waals surface area (Å²) < 4.78 is 0. The maximum Gasteiger partial charge on any atom is 2.00 e. The molecule has 0 spiro atoms. The number of hydrogen-bond donors (Lipinski definition) is 2. The number of carboxylic acids is 1. The number of aliphatic carboxylic acids is 1. The van der Waals surface area contributed by atoms with Gasteiger partial charge in [-0.15, -0.1) is 6.61 Å². The molecule has 3 nitrogen and oxygen atoms in total. The van der Waals surface area contributed by atoms with Crippen LogP contribution >= 0.6 is 0 Å². The summed E-state index contributed by atoms with van der Waals surface area (Å²) >= 11 is 0. The first-order valence-corrected chi connectivity index (χ1v) is 10.4. The van der Waals surface area contributed by atoms with Crippen molar-refractivity contribution >= 4 is 29.0 Å². The molecule has 0 saturated carbocycles. The van der Waals surface area contributed by atoms with E-state index in [0.29, 0.717) is 6.42 Å². The zero-order valence-corrected chi connectivity index (χ0v) is 19.4.